The van der Waals surface area contributed by atoms with Crippen molar-refractivity contribution in [3.63, 3.8) is 0 Å². The molecule has 1 aliphatic heterocycles. The third-order valence-electron chi connectivity index (χ3n) is 4.69. The molecule has 0 amide bonds. The van der Waals surface area contributed by atoms with Gasteiger partial charge in [-0.15, -0.1) is 0 Å². The van der Waals surface area contributed by atoms with Gasteiger partial charge in [0.15, 0.2) is 11.0 Å². The van der Waals surface area contributed by atoms with Crippen LogP contribution < -0.4 is 10.5 Å². The number of aryl methyl sites for hydroxylation is 2. The molecule has 122 valence electrons. The van der Waals surface area contributed by atoms with E-state index < -0.39 is 0 Å². The molecule has 1 aliphatic carbocycles. The second-order valence-corrected chi connectivity index (χ2v) is 7.04. The van der Waals surface area contributed by atoms with Gasteiger partial charge in [0.1, 0.15) is 0 Å². The lowest BCUT2D eigenvalue weighted by molar-refractivity contribution is 0.607. The zero-order chi connectivity index (χ0) is 15.8. The Morgan fingerprint density at radius 1 is 1.30 bits per heavy atom. The number of anilines is 1. The van der Waals surface area contributed by atoms with Gasteiger partial charge in [0.05, 0.1) is 17.7 Å². The van der Waals surface area contributed by atoms with Gasteiger partial charge < -0.3 is 14.5 Å². The topological polar surface area (TPSA) is 66.8 Å². The number of H-pyrrole nitrogens is 1. The molecule has 0 spiro atoms. The van der Waals surface area contributed by atoms with Crippen LogP contribution >= 0.6 is 11.8 Å². The van der Waals surface area contributed by atoms with Gasteiger partial charge in [0, 0.05) is 31.0 Å². The summed E-state index contributed by atoms with van der Waals surface area (Å²) in [5.74, 6) is 1.87. The molecule has 23 heavy (non-hydrogen) atoms. The quantitative estimate of drug-likeness (QED) is 0.670. The molecule has 0 unspecified atom stereocenters. The Morgan fingerprint density at radius 3 is 2.91 bits per heavy atom. The number of nitrogens with one attached hydrogen (secondary N) is 1. The second kappa shape index (κ2) is 6.03. The fourth-order valence-electron chi connectivity index (χ4n) is 3.23. The summed E-state index contributed by atoms with van der Waals surface area (Å²) >= 11 is 1.60. The normalized spacial score (nSPS) is 16.5. The highest BCUT2D eigenvalue weighted by atomic mass is 32.2. The van der Waals surface area contributed by atoms with Gasteiger partial charge >= 0.3 is 0 Å². The van der Waals surface area contributed by atoms with Crippen LogP contribution in [-0.2, 0) is 25.1 Å². The van der Waals surface area contributed by atoms with Crippen LogP contribution in [0.5, 0.6) is 0 Å². The Labute approximate surface area is 139 Å². The zero-order valence-corrected chi connectivity index (χ0v) is 14.2. The molecule has 7 heteroatoms. The predicted octanol–water partition coefficient (Wildman–Crippen LogP) is 1.98. The van der Waals surface area contributed by atoms with Crippen molar-refractivity contribution in [3.8, 4) is 0 Å². The number of nitrogens with zero attached hydrogens (tertiary/aromatic N) is 4. The van der Waals surface area contributed by atoms with E-state index in [4.69, 9.17) is 0 Å². The summed E-state index contributed by atoms with van der Waals surface area (Å²) in [6.45, 7) is 5.22. The highest BCUT2D eigenvalue weighted by Crippen LogP contribution is 2.29. The van der Waals surface area contributed by atoms with E-state index in [1.54, 1.807) is 11.8 Å². The van der Waals surface area contributed by atoms with E-state index in [-0.39, 0.29) is 5.56 Å². The van der Waals surface area contributed by atoms with E-state index in [1.165, 1.54) is 12.1 Å². The summed E-state index contributed by atoms with van der Waals surface area (Å²) in [5.41, 5.74) is 3.14. The van der Waals surface area contributed by atoms with E-state index in [1.807, 2.05) is 6.33 Å². The minimum Gasteiger partial charge on any atom is -0.355 e. The van der Waals surface area contributed by atoms with Crippen LogP contribution in [-0.4, -0.2) is 32.6 Å². The fourth-order valence-corrected chi connectivity index (χ4v) is 4.14. The van der Waals surface area contributed by atoms with Gasteiger partial charge in [-0.25, -0.2) is 9.97 Å². The first-order valence-electron chi connectivity index (χ1n) is 8.30. The molecule has 0 saturated carbocycles. The Morgan fingerprint density at radius 2 is 2.17 bits per heavy atom. The Hall–Kier alpha value is -1.76. The summed E-state index contributed by atoms with van der Waals surface area (Å²) in [6.07, 6.45) is 6.00. The van der Waals surface area contributed by atoms with Crippen LogP contribution in [0.3, 0.4) is 0 Å². The number of aromatic nitrogens is 4. The Balaban J connectivity index is 1.56. The number of rotatable bonds is 5. The van der Waals surface area contributed by atoms with Crippen molar-refractivity contribution in [1.29, 1.82) is 0 Å². The van der Waals surface area contributed by atoms with Crippen molar-refractivity contribution in [2.24, 2.45) is 0 Å². The third-order valence-corrected chi connectivity index (χ3v) is 5.57. The van der Waals surface area contributed by atoms with Crippen LogP contribution in [0.4, 0.5) is 5.82 Å². The first kappa shape index (κ1) is 14.8. The average Bonchev–Trinajstić information content (AvgIpc) is 3.10. The lowest BCUT2D eigenvalue weighted by Gasteiger charge is -2.32. The van der Waals surface area contributed by atoms with Crippen molar-refractivity contribution in [1.82, 2.24) is 19.5 Å². The molecule has 3 heterocycles. The Bertz CT molecular complexity index is 777. The van der Waals surface area contributed by atoms with Crippen LogP contribution in [0, 0.1) is 0 Å². The van der Waals surface area contributed by atoms with E-state index in [2.05, 4.69) is 31.3 Å². The van der Waals surface area contributed by atoms with Gasteiger partial charge in [0.2, 0.25) is 0 Å². The van der Waals surface area contributed by atoms with Crippen molar-refractivity contribution in [2.75, 3.05) is 18.0 Å². The molecule has 0 atom stereocenters. The molecule has 0 bridgehead atoms. The smallest absolute Gasteiger partial charge is 0.254 e. The number of imidazole rings is 1. The standard InChI is InChI=1S/C16H21N5OS/c1-2-20-10-17-14(21-7-4-8-21)13(20)9-23-16-18-12-6-3-5-11(12)15(22)19-16/h10H,2-9H2,1H3,(H,18,19,22). The van der Waals surface area contributed by atoms with Crippen LogP contribution in [0.1, 0.15) is 36.7 Å². The largest absolute Gasteiger partial charge is 0.355 e. The highest BCUT2D eigenvalue weighted by molar-refractivity contribution is 7.98. The number of hydrogen-bond acceptors (Lipinski definition) is 5. The molecule has 2 aromatic rings. The third kappa shape index (κ3) is 2.67. The number of thioether (sulfide) groups is 1. The minimum absolute atomic E-state index is 0.0435. The maximum Gasteiger partial charge on any atom is 0.254 e. The molecule has 1 N–H and O–H groups in total. The number of hydrogen-bond donors (Lipinski definition) is 1. The van der Waals surface area contributed by atoms with E-state index >= 15 is 0 Å². The summed E-state index contributed by atoms with van der Waals surface area (Å²) in [4.78, 5) is 26.6. The van der Waals surface area contributed by atoms with Crippen LogP contribution in [0.25, 0.3) is 0 Å². The molecule has 2 aromatic heterocycles. The molecule has 4 rings (SSSR count). The van der Waals surface area contributed by atoms with E-state index in [0.717, 1.165) is 66.9 Å². The van der Waals surface area contributed by atoms with Crippen molar-refractivity contribution in [3.05, 3.63) is 33.6 Å². The molecule has 2 aliphatic rings. The summed E-state index contributed by atoms with van der Waals surface area (Å²) in [5, 5.41) is 0.731. The predicted molar refractivity (Wildman–Crippen MR) is 91.2 cm³/mol. The summed E-state index contributed by atoms with van der Waals surface area (Å²) in [6, 6.07) is 0. The summed E-state index contributed by atoms with van der Waals surface area (Å²) < 4.78 is 2.19. The van der Waals surface area contributed by atoms with Crippen molar-refractivity contribution < 1.29 is 0 Å². The first-order valence-corrected chi connectivity index (χ1v) is 9.28. The molecule has 1 fully saturated rings. The molecule has 0 radical (unpaired) electrons. The van der Waals surface area contributed by atoms with Crippen molar-refractivity contribution in [2.45, 2.75) is 50.1 Å². The highest BCUT2D eigenvalue weighted by Gasteiger charge is 2.22. The van der Waals surface area contributed by atoms with Crippen LogP contribution in [0.15, 0.2) is 16.3 Å². The SMILES string of the molecule is CCn1cnc(N2CCC2)c1CSc1nc2c(c(=O)[nH]1)CCC2. The number of aromatic amines is 1. The molecule has 0 aromatic carbocycles. The molecule has 1 saturated heterocycles. The summed E-state index contributed by atoms with van der Waals surface area (Å²) in [7, 11) is 0. The monoisotopic (exact) mass is 331 g/mol. The van der Waals surface area contributed by atoms with Gasteiger partial charge in [-0.2, -0.15) is 0 Å². The van der Waals surface area contributed by atoms with Gasteiger partial charge in [-0.3, -0.25) is 4.79 Å². The molecular formula is C16H21N5OS. The second-order valence-electron chi connectivity index (χ2n) is 6.08. The number of fused-ring (bicyclic) bond motifs is 1. The molecule has 6 nitrogen and oxygen atoms in total. The van der Waals surface area contributed by atoms with E-state index in [9.17, 15) is 4.79 Å². The first-order chi connectivity index (χ1) is 11.3. The van der Waals surface area contributed by atoms with E-state index in [0.29, 0.717) is 0 Å². The average molecular weight is 331 g/mol. The maximum absolute atomic E-state index is 12.1. The van der Waals surface area contributed by atoms with Gasteiger partial charge in [-0.1, -0.05) is 11.8 Å². The fraction of sp³-hybridized carbons (Fsp3) is 0.562. The van der Waals surface area contributed by atoms with Crippen molar-refractivity contribution >= 4 is 17.6 Å². The zero-order valence-electron chi connectivity index (χ0n) is 13.3. The lowest BCUT2D eigenvalue weighted by atomic mass is 10.2. The van der Waals surface area contributed by atoms with Gasteiger partial charge in [-0.05, 0) is 32.6 Å². The maximum atomic E-state index is 12.1. The lowest BCUT2D eigenvalue weighted by Crippen LogP contribution is -2.38. The molecular weight excluding hydrogens is 310 g/mol. The van der Waals surface area contributed by atoms with Crippen LogP contribution in [0.2, 0.25) is 0 Å². The van der Waals surface area contributed by atoms with Gasteiger partial charge in [0.25, 0.3) is 5.56 Å². The Kier molecular flexibility index (Phi) is 3.88. The minimum atomic E-state index is 0.0435.